The number of hydrogen-bond donors (Lipinski definition) is 1. The number of nitrogens with two attached hydrogens (primary N) is 1. The Hall–Kier alpha value is -0.530. The SMILES string of the molecule is C[C@@H]1Cc2ccccc2[C@H]1N.Cl. The van der Waals surface area contributed by atoms with Gasteiger partial charge in [0.1, 0.15) is 0 Å². The first-order valence-electron chi connectivity index (χ1n) is 4.12. The van der Waals surface area contributed by atoms with Gasteiger partial charge >= 0.3 is 0 Å². The molecule has 1 aromatic rings. The van der Waals surface area contributed by atoms with Crippen molar-refractivity contribution in [3.63, 3.8) is 0 Å². The van der Waals surface area contributed by atoms with Gasteiger partial charge in [-0.2, -0.15) is 0 Å². The molecule has 2 atom stereocenters. The minimum atomic E-state index is 0. The lowest BCUT2D eigenvalue weighted by Crippen LogP contribution is -2.13. The molecule has 1 aromatic carbocycles. The van der Waals surface area contributed by atoms with Crippen LogP contribution in [0.1, 0.15) is 24.1 Å². The molecule has 12 heavy (non-hydrogen) atoms. The minimum absolute atomic E-state index is 0. The molecule has 0 unspecified atom stereocenters. The second-order valence-corrected chi connectivity index (χ2v) is 3.41. The van der Waals surface area contributed by atoms with E-state index in [4.69, 9.17) is 5.73 Å². The fourth-order valence-corrected chi connectivity index (χ4v) is 1.83. The molecule has 2 heteroatoms. The zero-order valence-electron chi connectivity index (χ0n) is 7.16. The average molecular weight is 184 g/mol. The van der Waals surface area contributed by atoms with E-state index in [1.807, 2.05) is 0 Å². The summed E-state index contributed by atoms with van der Waals surface area (Å²) in [4.78, 5) is 0. The zero-order chi connectivity index (χ0) is 7.84. The van der Waals surface area contributed by atoms with Crippen molar-refractivity contribution in [2.45, 2.75) is 19.4 Å². The number of hydrogen-bond acceptors (Lipinski definition) is 1. The van der Waals surface area contributed by atoms with E-state index in [0.717, 1.165) is 6.42 Å². The Labute approximate surface area is 79.4 Å². The summed E-state index contributed by atoms with van der Waals surface area (Å²) in [6.45, 7) is 2.21. The van der Waals surface area contributed by atoms with Crippen molar-refractivity contribution in [1.82, 2.24) is 0 Å². The normalized spacial score (nSPS) is 26.2. The standard InChI is InChI=1S/C10H13N.ClH/c1-7-6-8-4-2-3-5-9(8)10(7)11;/h2-5,7,10H,6,11H2,1H3;1H/t7-,10+;/m1./s1. The molecule has 1 nitrogen and oxygen atoms in total. The number of halogens is 1. The maximum absolute atomic E-state index is 5.99. The fourth-order valence-electron chi connectivity index (χ4n) is 1.83. The quantitative estimate of drug-likeness (QED) is 0.657. The second kappa shape index (κ2) is 3.46. The Morgan fingerprint density at radius 1 is 1.33 bits per heavy atom. The molecule has 0 aliphatic heterocycles. The van der Waals surface area contributed by atoms with Gasteiger partial charge in [-0.25, -0.2) is 0 Å². The molecule has 0 spiro atoms. The van der Waals surface area contributed by atoms with Gasteiger partial charge in [0.2, 0.25) is 0 Å². The number of fused-ring (bicyclic) bond motifs is 1. The highest BCUT2D eigenvalue weighted by Gasteiger charge is 2.24. The van der Waals surface area contributed by atoms with Crippen LogP contribution < -0.4 is 5.73 Å². The third-order valence-corrected chi connectivity index (χ3v) is 2.57. The van der Waals surface area contributed by atoms with E-state index in [1.165, 1.54) is 11.1 Å². The van der Waals surface area contributed by atoms with Crippen molar-refractivity contribution in [2.24, 2.45) is 11.7 Å². The first-order chi connectivity index (χ1) is 5.29. The molecule has 1 aliphatic carbocycles. The van der Waals surface area contributed by atoms with Crippen molar-refractivity contribution in [3.8, 4) is 0 Å². The van der Waals surface area contributed by atoms with Gasteiger partial charge in [0, 0.05) is 6.04 Å². The molecule has 2 rings (SSSR count). The van der Waals surface area contributed by atoms with E-state index < -0.39 is 0 Å². The molecule has 0 saturated heterocycles. The Morgan fingerprint density at radius 2 is 2.00 bits per heavy atom. The van der Waals surface area contributed by atoms with Crippen molar-refractivity contribution in [3.05, 3.63) is 35.4 Å². The topological polar surface area (TPSA) is 26.0 Å². The van der Waals surface area contributed by atoms with Gasteiger partial charge in [0.05, 0.1) is 0 Å². The first kappa shape index (κ1) is 9.56. The summed E-state index contributed by atoms with van der Waals surface area (Å²) in [6, 6.07) is 8.74. The zero-order valence-corrected chi connectivity index (χ0v) is 7.97. The maximum Gasteiger partial charge on any atom is 0.0326 e. The predicted octanol–water partition coefficient (Wildman–Crippen LogP) is 2.30. The molecule has 66 valence electrons. The molecule has 1 aliphatic rings. The summed E-state index contributed by atoms with van der Waals surface area (Å²) in [7, 11) is 0. The predicted molar refractivity (Wildman–Crippen MR) is 53.5 cm³/mol. The van der Waals surface area contributed by atoms with Crippen LogP contribution in [0.2, 0.25) is 0 Å². The van der Waals surface area contributed by atoms with Crippen LogP contribution in [0.3, 0.4) is 0 Å². The molecule has 0 amide bonds. The Bertz CT molecular complexity index is 272. The van der Waals surface area contributed by atoms with E-state index in [0.29, 0.717) is 5.92 Å². The van der Waals surface area contributed by atoms with Gasteiger partial charge in [0.25, 0.3) is 0 Å². The highest BCUT2D eigenvalue weighted by Crippen LogP contribution is 2.33. The van der Waals surface area contributed by atoms with Gasteiger partial charge in [-0.3, -0.25) is 0 Å². The summed E-state index contributed by atoms with van der Waals surface area (Å²) in [5.74, 6) is 0.618. The summed E-state index contributed by atoms with van der Waals surface area (Å²) in [5, 5.41) is 0. The van der Waals surface area contributed by atoms with E-state index in [2.05, 4.69) is 31.2 Å². The third-order valence-electron chi connectivity index (χ3n) is 2.57. The molecule has 0 bridgehead atoms. The average Bonchev–Trinajstić information content (AvgIpc) is 2.30. The summed E-state index contributed by atoms with van der Waals surface area (Å²) >= 11 is 0. The lowest BCUT2D eigenvalue weighted by Gasteiger charge is -2.08. The van der Waals surface area contributed by atoms with Crippen molar-refractivity contribution in [2.75, 3.05) is 0 Å². The Morgan fingerprint density at radius 3 is 2.67 bits per heavy atom. The lowest BCUT2D eigenvalue weighted by atomic mass is 10.0. The first-order valence-corrected chi connectivity index (χ1v) is 4.12. The Kier molecular flexibility index (Phi) is 2.76. The summed E-state index contributed by atoms with van der Waals surface area (Å²) in [5.41, 5.74) is 8.77. The van der Waals surface area contributed by atoms with Crippen LogP contribution in [0.25, 0.3) is 0 Å². The summed E-state index contributed by atoms with van der Waals surface area (Å²) in [6.07, 6.45) is 1.15. The van der Waals surface area contributed by atoms with Gasteiger partial charge < -0.3 is 5.73 Å². The van der Waals surface area contributed by atoms with Gasteiger partial charge in [-0.05, 0) is 23.5 Å². The van der Waals surface area contributed by atoms with Crippen LogP contribution >= 0.6 is 12.4 Å². The van der Waals surface area contributed by atoms with E-state index >= 15 is 0 Å². The molecular formula is C10H14ClN. The highest BCUT2D eigenvalue weighted by molar-refractivity contribution is 5.85. The fraction of sp³-hybridized carbons (Fsp3) is 0.400. The van der Waals surface area contributed by atoms with Crippen LogP contribution in [0.5, 0.6) is 0 Å². The van der Waals surface area contributed by atoms with E-state index in [-0.39, 0.29) is 18.4 Å². The van der Waals surface area contributed by atoms with E-state index in [9.17, 15) is 0 Å². The van der Waals surface area contributed by atoms with Crippen LogP contribution in [0.15, 0.2) is 24.3 Å². The molecule has 0 aromatic heterocycles. The molecule has 0 heterocycles. The van der Waals surface area contributed by atoms with Gasteiger partial charge in [-0.15, -0.1) is 12.4 Å². The number of benzene rings is 1. The minimum Gasteiger partial charge on any atom is -0.324 e. The van der Waals surface area contributed by atoms with Crippen LogP contribution in [0.4, 0.5) is 0 Å². The van der Waals surface area contributed by atoms with Crippen molar-refractivity contribution in [1.29, 1.82) is 0 Å². The van der Waals surface area contributed by atoms with Crippen LogP contribution in [-0.4, -0.2) is 0 Å². The van der Waals surface area contributed by atoms with Crippen LogP contribution in [-0.2, 0) is 6.42 Å². The Balaban J connectivity index is 0.000000720. The maximum atomic E-state index is 5.99. The van der Waals surface area contributed by atoms with Crippen molar-refractivity contribution >= 4 is 12.4 Å². The smallest absolute Gasteiger partial charge is 0.0326 e. The molecule has 0 fully saturated rings. The van der Waals surface area contributed by atoms with Gasteiger partial charge in [0.15, 0.2) is 0 Å². The highest BCUT2D eigenvalue weighted by atomic mass is 35.5. The number of rotatable bonds is 0. The van der Waals surface area contributed by atoms with E-state index in [1.54, 1.807) is 0 Å². The molecule has 2 N–H and O–H groups in total. The molecule has 0 saturated carbocycles. The van der Waals surface area contributed by atoms with Crippen LogP contribution in [0, 0.1) is 5.92 Å². The molecular weight excluding hydrogens is 170 g/mol. The second-order valence-electron chi connectivity index (χ2n) is 3.41. The monoisotopic (exact) mass is 183 g/mol. The van der Waals surface area contributed by atoms with Crippen molar-refractivity contribution < 1.29 is 0 Å². The third kappa shape index (κ3) is 1.35. The van der Waals surface area contributed by atoms with Gasteiger partial charge in [-0.1, -0.05) is 31.2 Å². The molecule has 0 radical (unpaired) electrons. The summed E-state index contributed by atoms with van der Waals surface area (Å²) < 4.78 is 0. The largest absolute Gasteiger partial charge is 0.324 e. The lowest BCUT2D eigenvalue weighted by molar-refractivity contribution is 0.513.